The highest BCUT2D eigenvalue weighted by Crippen LogP contribution is 2.28. The van der Waals surface area contributed by atoms with Gasteiger partial charge in [0.25, 0.3) is 0 Å². The van der Waals surface area contributed by atoms with E-state index >= 15 is 0 Å². The van der Waals surface area contributed by atoms with Crippen LogP contribution < -0.4 is 0 Å². The molecule has 0 aliphatic carbocycles. The molecule has 0 atom stereocenters. The van der Waals surface area contributed by atoms with E-state index in [9.17, 15) is 0 Å². The highest BCUT2D eigenvalue weighted by molar-refractivity contribution is 7.98. The number of benzene rings is 1. The van der Waals surface area contributed by atoms with E-state index in [-0.39, 0.29) is 6.61 Å². The second kappa shape index (κ2) is 8.29. The molecule has 110 valence electrons. The Bertz CT molecular complexity index is 615. The predicted molar refractivity (Wildman–Crippen MR) is 93.0 cm³/mol. The predicted octanol–water partition coefficient (Wildman–Crippen LogP) is 4.90. The molecule has 0 unspecified atom stereocenters. The van der Waals surface area contributed by atoms with Crippen LogP contribution in [0.5, 0.6) is 0 Å². The van der Waals surface area contributed by atoms with Gasteiger partial charge in [-0.1, -0.05) is 37.8 Å². The lowest BCUT2D eigenvalue weighted by Crippen LogP contribution is -1.86. The third-order valence-electron chi connectivity index (χ3n) is 3.12. The summed E-state index contributed by atoms with van der Waals surface area (Å²) in [5, 5.41) is 10.9. The minimum absolute atomic E-state index is 0.128. The van der Waals surface area contributed by atoms with Gasteiger partial charge in [-0.25, -0.2) is 0 Å². The molecular weight excluding hydrogens is 296 g/mol. The fourth-order valence-electron chi connectivity index (χ4n) is 1.88. The average Bonchev–Trinajstić information content (AvgIpc) is 2.93. The van der Waals surface area contributed by atoms with Crippen LogP contribution in [-0.4, -0.2) is 11.7 Å². The Morgan fingerprint density at radius 1 is 1.19 bits per heavy atom. The first-order valence-corrected chi connectivity index (χ1v) is 8.96. The highest BCUT2D eigenvalue weighted by Gasteiger charge is 2.04. The van der Waals surface area contributed by atoms with Crippen molar-refractivity contribution < 1.29 is 5.11 Å². The van der Waals surface area contributed by atoms with Crippen LogP contribution in [0.2, 0.25) is 0 Å². The zero-order valence-corrected chi connectivity index (χ0v) is 14.1. The van der Waals surface area contributed by atoms with Crippen LogP contribution in [0.25, 0.3) is 0 Å². The Kier molecular flexibility index (Phi) is 6.38. The van der Waals surface area contributed by atoms with Gasteiger partial charge in [0, 0.05) is 27.5 Å². The van der Waals surface area contributed by atoms with Gasteiger partial charge in [0.15, 0.2) is 0 Å². The maximum absolute atomic E-state index is 8.77. The number of hydrogen-bond donors (Lipinski definition) is 1. The van der Waals surface area contributed by atoms with Gasteiger partial charge in [-0.15, -0.1) is 23.1 Å². The van der Waals surface area contributed by atoms with E-state index in [4.69, 9.17) is 5.11 Å². The molecule has 0 saturated carbocycles. The SMILES string of the molecule is CC(C)c1ccc(SCc2sccc2C#CCCO)cc1. The van der Waals surface area contributed by atoms with Crippen molar-refractivity contribution in [2.45, 2.75) is 36.8 Å². The molecule has 2 aromatic rings. The molecule has 1 heterocycles. The van der Waals surface area contributed by atoms with Crippen LogP contribution in [0.1, 0.15) is 42.2 Å². The summed E-state index contributed by atoms with van der Waals surface area (Å²) in [6.45, 7) is 4.56. The molecule has 21 heavy (non-hydrogen) atoms. The minimum Gasteiger partial charge on any atom is -0.395 e. The Morgan fingerprint density at radius 2 is 1.95 bits per heavy atom. The molecule has 0 amide bonds. The summed E-state index contributed by atoms with van der Waals surface area (Å²) in [7, 11) is 0. The van der Waals surface area contributed by atoms with Gasteiger partial charge < -0.3 is 5.11 Å². The number of thioether (sulfide) groups is 1. The third kappa shape index (κ3) is 4.93. The Morgan fingerprint density at radius 3 is 2.62 bits per heavy atom. The van der Waals surface area contributed by atoms with Crippen molar-refractivity contribution in [1.82, 2.24) is 0 Å². The van der Waals surface area contributed by atoms with Crippen LogP contribution in [0, 0.1) is 11.8 Å². The molecule has 0 radical (unpaired) electrons. The van der Waals surface area contributed by atoms with Crippen molar-refractivity contribution in [1.29, 1.82) is 0 Å². The fourth-order valence-corrected chi connectivity index (χ4v) is 3.72. The molecule has 0 bridgehead atoms. The number of aliphatic hydroxyl groups excluding tert-OH is 1. The standard InChI is InChI=1S/C18H20OS2/c1-14(2)15-6-8-17(9-7-15)21-13-18-16(10-12-20-18)5-3-4-11-19/h6-10,12,14,19H,4,11,13H2,1-2H3. The third-order valence-corrected chi connectivity index (χ3v) is 5.26. The monoisotopic (exact) mass is 316 g/mol. The van der Waals surface area contributed by atoms with Crippen molar-refractivity contribution in [3.8, 4) is 11.8 Å². The van der Waals surface area contributed by atoms with Crippen LogP contribution in [-0.2, 0) is 5.75 Å². The summed E-state index contributed by atoms with van der Waals surface area (Å²) in [6, 6.07) is 10.9. The van der Waals surface area contributed by atoms with E-state index in [0.29, 0.717) is 12.3 Å². The summed E-state index contributed by atoms with van der Waals surface area (Å²) < 4.78 is 0. The van der Waals surface area contributed by atoms with Gasteiger partial charge in [0.2, 0.25) is 0 Å². The molecule has 1 aromatic carbocycles. The Hall–Kier alpha value is -1.21. The maximum atomic E-state index is 8.77. The van der Waals surface area contributed by atoms with E-state index < -0.39 is 0 Å². The lowest BCUT2D eigenvalue weighted by Gasteiger charge is -2.06. The first kappa shape index (κ1) is 16.2. The fraction of sp³-hybridized carbons (Fsp3) is 0.333. The number of thiophene rings is 1. The lowest BCUT2D eigenvalue weighted by atomic mass is 10.0. The molecular formula is C18H20OS2. The Balaban J connectivity index is 1.97. The van der Waals surface area contributed by atoms with Crippen molar-refractivity contribution >= 4 is 23.1 Å². The molecule has 0 spiro atoms. The van der Waals surface area contributed by atoms with Gasteiger partial charge in [0.1, 0.15) is 0 Å². The first-order valence-electron chi connectivity index (χ1n) is 7.09. The zero-order chi connectivity index (χ0) is 15.1. The van der Waals surface area contributed by atoms with E-state index in [1.54, 1.807) is 11.3 Å². The van der Waals surface area contributed by atoms with Crippen molar-refractivity contribution in [3.05, 3.63) is 51.7 Å². The second-order valence-corrected chi connectivity index (χ2v) is 7.09. The molecule has 1 N–H and O–H groups in total. The van der Waals surface area contributed by atoms with Gasteiger partial charge in [0.05, 0.1) is 6.61 Å². The van der Waals surface area contributed by atoms with Crippen molar-refractivity contribution in [2.75, 3.05) is 6.61 Å². The van der Waals surface area contributed by atoms with Crippen LogP contribution in [0.3, 0.4) is 0 Å². The highest BCUT2D eigenvalue weighted by atomic mass is 32.2. The molecule has 0 aliphatic rings. The van der Waals surface area contributed by atoms with E-state index in [1.165, 1.54) is 15.3 Å². The summed E-state index contributed by atoms with van der Waals surface area (Å²) in [4.78, 5) is 2.60. The molecule has 0 fully saturated rings. The summed E-state index contributed by atoms with van der Waals surface area (Å²) in [5.41, 5.74) is 2.48. The largest absolute Gasteiger partial charge is 0.395 e. The molecule has 1 aromatic heterocycles. The van der Waals surface area contributed by atoms with Gasteiger partial charge in [-0.3, -0.25) is 0 Å². The van der Waals surface area contributed by atoms with E-state index in [0.717, 1.165) is 11.3 Å². The quantitative estimate of drug-likeness (QED) is 0.625. The van der Waals surface area contributed by atoms with Gasteiger partial charge in [-0.05, 0) is 35.1 Å². The number of rotatable bonds is 5. The summed E-state index contributed by atoms with van der Waals surface area (Å²) in [5.74, 6) is 7.66. The topological polar surface area (TPSA) is 20.2 Å². The zero-order valence-electron chi connectivity index (χ0n) is 12.4. The molecule has 0 aliphatic heterocycles. The molecule has 1 nitrogen and oxygen atoms in total. The maximum Gasteiger partial charge on any atom is 0.0540 e. The van der Waals surface area contributed by atoms with Crippen LogP contribution in [0.15, 0.2) is 40.6 Å². The first-order chi connectivity index (χ1) is 10.2. The van der Waals surface area contributed by atoms with Crippen LogP contribution in [0.4, 0.5) is 0 Å². The average molecular weight is 316 g/mol. The Labute approximate surface area is 135 Å². The number of hydrogen-bond acceptors (Lipinski definition) is 3. The molecule has 0 saturated heterocycles. The second-order valence-electron chi connectivity index (χ2n) is 5.05. The smallest absolute Gasteiger partial charge is 0.0540 e. The van der Waals surface area contributed by atoms with Crippen molar-refractivity contribution in [2.24, 2.45) is 0 Å². The molecule has 3 heteroatoms. The van der Waals surface area contributed by atoms with Crippen molar-refractivity contribution in [3.63, 3.8) is 0 Å². The summed E-state index contributed by atoms with van der Waals surface area (Å²) in [6.07, 6.45) is 0.541. The molecule has 2 rings (SSSR count). The lowest BCUT2D eigenvalue weighted by molar-refractivity contribution is 0.305. The van der Waals surface area contributed by atoms with Crippen LogP contribution >= 0.6 is 23.1 Å². The van der Waals surface area contributed by atoms with Gasteiger partial charge in [-0.2, -0.15) is 0 Å². The van der Waals surface area contributed by atoms with E-state index in [1.807, 2.05) is 11.8 Å². The number of aliphatic hydroxyl groups is 1. The van der Waals surface area contributed by atoms with E-state index in [2.05, 4.69) is 61.4 Å². The normalized spacial score (nSPS) is 10.5. The minimum atomic E-state index is 0.128. The van der Waals surface area contributed by atoms with Gasteiger partial charge >= 0.3 is 0 Å². The summed E-state index contributed by atoms with van der Waals surface area (Å²) >= 11 is 3.59.